The molecule has 0 aromatic heterocycles. The number of ether oxygens (including phenoxy) is 2. The summed E-state index contributed by atoms with van der Waals surface area (Å²) >= 11 is 4.88. The van der Waals surface area contributed by atoms with Crippen LogP contribution in [0.5, 0.6) is 11.5 Å². The molecule has 1 saturated heterocycles. The van der Waals surface area contributed by atoms with E-state index < -0.39 is 0 Å². The molecule has 0 radical (unpaired) electrons. The summed E-state index contributed by atoms with van der Waals surface area (Å²) in [7, 11) is 1.58. The third-order valence-corrected chi connectivity index (χ3v) is 2.79. The van der Waals surface area contributed by atoms with Crippen molar-refractivity contribution < 1.29 is 14.3 Å². The Balaban J connectivity index is 2.28. The number of hydrogen-bond donors (Lipinski definition) is 2. The summed E-state index contributed by atoms with van der Waals surface area (Å²) < 4.78 is 10.9. The Morgan fingerprint density at radius 3 is 2.55 bits per heavy atom. The molecule has 2 N–H and O–H groups in total. The lowest BCUT2D eigenvalue weighted by molar-refractivity contribution is -0.115. The van der Waals surface area contributed by atoms with Crippen LogP contribution < -0.4 is 20.1 Å². The molecule has 0 atom stereocenters. The average Bonchev–Trinajstić information content (AvgIpc) is 2.69. The molecule has 1 aromatic carbocycles. The number of benzene rings is 1. The Bertz CT molecular complexity index is 582. The van der Waals surface area contributed by atoms with E-state index in [0.717, 1.165) is 5.56 Å². The zero-order chi connectivity index (χ0) is 14.7. The zero-order valence-corrected chi connectivity index (χ0v) is 12.3. The molecule has 0 unspecified atom stereocenters. The lowest BCUT2D eigenvalue weighted by atomic mass is 10.1. The number of thiocarbonyl (C=S) groups is 1. The third kappa shape index (κ3) is 3.27. The molecule has 0 spiro atoms. The zero-order valence-electron chi connectivity index (χ0n) is 11.5. The number of carbonyl (C=O) groups is 1. The van der Waals surface area contributed by atoms with Gasteiger partial charge in [0.1, 0.15) is 5.70 Å². The van der Waals surface area contributed by atoms with Gasteiger partial charge in [0.25, 0.3) is 5.91 Å². The second-order valence-electron chi connectivity index (χ2n) is 4.54. The van der Waals surface area contributed by atoms with Gasteiger partial charge in [-0.25, -0.2) is 0 Å². The molecule has 6 heteroatoms. The van der Waals surface area contributed by atoms with Crippen molar-refractivity contribution >= 4 is 29.3 Å². The lowest BCUT2D eigenvalue weighted by Crippen LogP contribution is -2.21. The third-order valence-electron chi connectivity index (χ3n) is 2.58. The topological polar surface area (TPSA) is 59.6 Å². The summed E-state index contributed by atoms with van der Waals surface area (Å²) in [6, 6.07) is 5.47. The first-order valence-electron chi connectivity index (χ1n) is 6.18. The molecule has 0 saturated carbocycles. The maximum atomic E-state index is 11.6. The number of methoxy groups -OCH3 is 1. The molecule has 1 fully saturated rings. The number of carbonyl (C=O) groups excluding carboxylic acids is 1. The molecule has 1 aliphatic rings. The summed E-state index contributed by atoms with van der Waals surface area (Å²) in [5.41, 5.74) is 1.23. The van der Waals surface area contributed by atoms with E-state index in [1.54, 1.807) is 19.3 Å². The van der Waals surface area contributed by atoms with Crippen LogP contribution in [0.3, 0.4) is 0 Å². The van der Waals surface area contributed by atoms with Gasteiger partial charge in [0.2, 0.25) is 0 Å². The van der Waals surface area contributed by atoms with Crippen LogP contribution in [0.1, 0.15) is 19.4 Å². The van der Waals surface area contributed by atoms with Crippen molar-refractivity contribution in [1.29, 1.82) is 0 Å². The maximum Gasteiger partial charge on any atom is 0.273 e. The quantitative estimate of drug-likeness (QED) is 0.655. The highest BCUT2D eigenvalue weighted by molar-refractivity contribution is 7.80. The number of hydrogen-bond acceptors (Lipinski definition) is 4. The highest BCUT2D eigenvalue weighted by Crippen LogP contribution is 2.29. The van der Waals surface area contributed by atoms with E-state index in [1.165, 1.54) is 0 Å². The first-order valence-corrected chi connectivity index (χ1v) is 6.59. The van der Waals surface area contributed by atoms with Crippen LogP contribution in [0, 0.1) is 0 Å². The highest BCUT2D eigenvalue weighted by atomic mass is 32.1. The normalized spacial score (nSPS) is 16.3. The largest absolute Gasteiger partial charge is 0.493 e. The van der Waals surface area contributed by atoms with E-state index in [1.807, 2.05) is 26.0 Å². The highest BCUT2D eigenvalue weighted by Gasteiger charge is 2.20. The van der Waals surface area contributed by atoms with Gasteiger partial charge in [-0.2, -0.15) is 0 Å². The summed E-state index contributed by atoms with van der Waals surface area (Å²) in [5.74, 6) is 1.05. The first kappa shape index (κ1) is 14.3. The summed E-state index contributed by atoms with van der Waals surface area (Å²) in [6.45, 7) is 3.89. The molecule has 0 aliphatic carbocycles. The molecule has 1 aliphatic heterocycles. The lowest BCUT2D eigenvalue weighted by Gasteiger charge is -2.13. The fourth-order valence-corrected chi connectivity index (χ4v) is 1.98. The Hall–Kier alpha value is -2.08. The van der Waals surface area contributed by atoms with Crippen molar-refractivity contribution in [2.75, 3.05) is 7.11 Å². The van der Waals surface area contributed by atoms with E-state index in [-0.39, 0.29) is 12.0 Å². The molecule has 1 aromatic rings. The van der Waals surface area contributed by atoms with E-state index in [4.69, 9.17) is 21.7 Å². The smallest absolute Gasteiger partial charge is 0.273 e. The van der Waals surface area contributed by atoms with E-state index in [2.05, 4.69) is 10.6 Å². The van der Waals surface area contributed by atoms with E-state index in [0.29, 0.717) is 22.3 Å². The van der Waals surface area contributed by atoms with Crippen LogP contribution in [0.25, 0.3) is 6.08 Å². The molecule has 0 bridgehead atoms. The predicted octanol–water partition coefficient (Wildman–Crippen LogP) is 1.83. The van der Waals surface area contributed by atoms with Crippen LogP contribution in [-0.2, 0) is 4.79 Å². The van der Waals surface area contributed by atoms with Crippen molar-refractivity contribution in [1.82, 2.24) is 10.6 Å². The minimum absolute atomic E-state index is 0.0627. The second-order valence-corrected chi connectivity index (χ2v) is 4.95. The summed E-state index contributed by atoms with van der Waals surface area (Å²) in [5, 5.41) is 5.62. The van der Waals surface area contributed by atoms with Crippen molar-refractivity contribution in [3.63, 3.8) is 0 Å². The predicted molar refractivity (Wildman–Crippen MR) is 80.6 cm³/mol. The summed E-state index contributed by atoms with van der Waals surface area (Å²) in [4.78, 5) is 11.6. The Morgan fingerprint density at radius 1 is 1.25 bits per heavy atom. The number of nitrogens with one attached hydrogen (secondary N) is 2. The van der Waals surface area contributed by atoms with Crippen molar-refractivity contribution in [3.05, 3.63) is 29.5 Å². The average molecular weight is 292 g/mol. The van der Waals surface area contributed by atoms with Crippen LogP contribution >= 0.6 is 12.2 Å². The molecular weight excluding hydrogens is 276 g/mol. The fraction of sp³-hybridized carbons (Fsp3) is 0.286. The second kappa shape index (κ2) is 5.92. The maximum absolute atomic E-state index is 11.6. The SMILES string of the molecule is COc1cc(/C=C2\NC(=S)NC2=O)ccc1OC(C)C. The van der Waals surface area contributed by atoms with E-state index >= 15 is 0 Å². The van der Waals surface area contributed by atoms with E-state index in [9.17, 15) is 4.79 Å². The molecule has 2 rings (SSSR count). The van der Waals surface area contributed by atoms with Gasteiger partial charge in [-0.3, -0.25) is 10.1 Å². The number of rotatable bonds is 4. The van der Waals surface area contributed by atoms with Crippen LogP contribution in [0.15, 0.2) is 23.9 Å². The Kier molecular flexibility index (Phi) is 4.24. The van der Waals surface area contributed by atoms with Gasteiger partial charge in [0.15, 0.2) is 16.6 Å². The van der Waals surface area contributed by atoms with Crippen molar-refractivity contribution in [3.8, 4) is 11.5 Å². The standard InChI is InChI=1S/C14H16N2O3S/c1-8(2)19-11-5-4-9(7-12(11)18-3)6-10-13(17)16-14(20)15-10/h4-8H,1-3H3,(H2,15,16,17,20)/b10-6-. The van der Waals surface area contributed by atoms with Crippen molar-refractivity contribution in [2.45, 2.75) is 20.0 Å². The minimum Gasteiger partial charge on any atom is -0.493 e. The molecule has 1 amide bonds. The molecule has 20 heavy (non-hydrogen) atoms. The van der Waals surface area contributed by atoms with Gasteiger partial charge in [0.05, 0.1) is 13.2 Å². The van der Waals surface area contributed by atoms with Crippen LogP contribution in [0.2, 0.25) is 0 Å². The fourth-order valence-electron chi connectivity index (χ4n) is 1.77. The van der Waals surface area contributed by atoms with Crippen molar-refractivity contribution in [2.24, 2.45) is 0 Å². The molecule has 1 heterocycles. The number of amides is 1. The Morgan fingerprint density at radius 2 is 2.00 bits per heavy atom. The summed E-state index contributed by atoms with van der Waals surface area (Å²) in [6.07, 6.45) is 1.77. The van der Waals surface area contributed by atoms with Gasteiger partial charge in [-0.1, -0.05) is 6.07 Å². The van der Waals surface area contributed by atoms with Gasteiger partial charge >= 0.3 is 0 Å². The molecular formula is C14H16N2O3S. The van der Waals surface area contributed by atoms with Gasteiger partial charge < -0.3 is 14.8 Å². The van der Waals surface area contributed by atoms with Crippen LogP contribution in [-0.4, -0.2) is 24.2 Å². The van der Waals surface area contributed by atoms with Crippen LogP contribution in [0.4, 0.5) is 0 Å². The van der Waals surface area contributed by atoms with Gasteiger partial charge in [-0.05, 0) is 49.8 Å². The van der Waals surface area contributed by atoms with Gasteiger partial charge in [-0.15, -0.1) is 0 Å². The minimum atomic E-state index is -0.239. The monoisotopic (exact) mass is 292 g/mol. The molecule has 5 nitrogen and oxygen atoms in total. The molecule has 106 valence electrons. The first-order chi connectivity index (χ1) is 9.49. The van der Waals surface area contributed by atoms with Gasteiger partial charge in [0, 0.05) is 0 Å². The Labute approximate surface area is 123 Å².